The number of hydrogen-bond donors (Lipinski definition) is 2. The van der Waals surface area contributed by atoms with Crippen molar-refractivity contribution in [1.82, 2.24) is 0 Å². The molecule has 146 valence electrons. The van der Waals surface area contributed by atoms with Gasteiger partial charge in [-0.2, -0.15) is 0 Å². The Balaban J connectivity index is 1.37. The lowest BCUT2D eigenvalue weighted by Crippen LogP contribution is -2.36. The molecule has 4 rings (SSSR count). The van der Waals surface area contributed by atoms with Gasteiger partial charge in [0.2, 0.25) is 11.8 Å². The monoisotopic (exact) mass is 377 g/mol. The molecule has 28 heavy (non-hydrogen) atoms. The Labute approximate surface area is 165 Å². The van der Waals surface area contributed by atoms with Crippen LogP contribution in [0.4, 0.5) is 11.4 Å². The van der Waals surface area contributed by atoms with Crippen LogP contribution in [0.1, 0.15) is 36.8 Å². The first kappa shape index (κ1) is 18.7. The van der Waals surface area contributed by atoms with Crippen LogP contribution in [0.5, 0.6) is 0 Å². The highest BCUT2D eigenvalue weighted by Gasteiger charge is 2.27. The molecule has 3 N–H and O–H groups in total. The van der Waals surface area contributed by atoms with Gasteiger partial charge < -0.3 is 16.0 Å². The van der Waals surface area contributed by atoms with Crippen molar-refractivity contribution in [3.05, 3.63) is 59.7 Å². The molecule has 2 atom stereocenters. The maximum absolute atomic E-state index is 12.8. The summed E-state index contributed by atoms with van der Waals surface area (Å²) in [5.74, 6) is 0.168. The summed E-state index contributed by atoms with van der Waals surface area (Å²) >= 11 is 0. The van der Waals surface area contributed by atoms with Crippen LogP contribution in [0, 0.1) is 5.92 Å². The SMILES string of the molecule is NC1CCC(C(=O)Nc2ccc(CC(=O)N3CCCc4ccccc43)cc2)C1. The Hall–Kier alpha value is -2.66. The smallest absolute Gasteiger partial charge is 0.231 e. The van der Waals surface area contributed by atoms with Gasteiger partial charge in [0.25, 0.3) is 0 Å². The van der Waals surface area contributed by atoms with E-state index in [9.17, 15) is 9.59 Å². The number of para-hydroxylation sites is 1. The molecule has 1 aliphatic carbocycles. The molecule has 0 saturated heterocycles. The lowest BCUT2D eigenvalue weighted by Gasteiger charge is -2.29. The molecule has 1 heterocycles. The average molecular weight is 377 g/mol. The summed E-state index contributed by atoms with van der Waals surface area (Å²) in [5, 5.41) is 2.97. The predicted molar refractivity (Wildman–Crippen MR) is 111 cm³/mol. The first-order valence-corrected chi connectivity index (χ1v) is 10.1. The number of nitrogens with one attached hydrogen (secondary N) is 1. The van der Waals surface area contributed by atoms with Crippen LogP contribution in [0.25, 0.3) is 0 Å². The third kappa shape index (κ3) is 4.09. The van der Waals surface area contributed by atoms with E-state index in [1.807, 2.05) is 47.4 Å². The van der Waals surface area contributed by atoms with Crippen molar-refractivity contribution in [2.24, 2.45) is 11.7 Å². The Bertz CT molecular complexity index is 862. The van der Waals surface area contributed by atoms with Crippen LogP contribution in [0.15, 0.2) is 48.5 Å². The molecule has 5 heteroatoms. The average Bonchev–Trinajstić information content (AvgIpc) is 3.15. The Morgan fingerprint density at radius 3 is 2.61 bits per heavy atom. The van der Waals surface area contributed by atoms with E-state index in [1.54, 1.807) is 0 Å². The number of nitrogens with zero attached hydrogens (tertiary/aromatic N) is 1. The van der Waals surface area contributed by atoms with E-state index in [2.05, 4.69) is 11.4 Å². The van der Waals surface area contributed by atoms with Gasteiger partial charge in [0.05, 0.1) is 6.42 Å². The van der Waals surface area contributed by atoms with Gasteiger partial charge in [0.1, 0.15) is 0 Å². The topological polar surface area (TPSA) is 75.4 Å². The van der Waals surface area contributed by atoms with Crippen molar-refractivity contribution >= 4 is 23.2 Å². The number of nitrogens with two attached hydrogens (primary N) is 1. The third-order valence-electron chi connectivity index (χ3n) is 5.83. The fourth-order valence-electron chi connectivity index (χ4n) is 4.27. The summed E-state index contributed by atoms with van der Waals surface area (Å²) in [6.07, 6.45) is 4.92. The van der Waals surface area contributed by atoms with Crippen molar-refractivity contribution in [2.75, 3.05) is 16.8 Å². The fourth-order valence-corrected chi connectivity index (χ4v) is 4.27. The summed E-state index contributed by atoms with van der Waals surface area (Å²) in [5.41, 5.74) is 9.90. The van der Waals surface area contributed by atoms with Gasteiger partial charge in [-0.15, -0.1) is 0 Å². The molecule has 0 bridgehead atoms. The zero-order valence-electron chi connectivity index (χ0n) is 16.1. The Morgan fingerprint density at radius 2 is 1.86 bits per heavy atom. The highest BCUT2D eigenvalue weighted by molar-refractivity contribution is 5.96. The maximum Gasteiger partial charge on any atom is 0.231 e. The summed E-state index contributed by atoms with van der Waals surface area (Å²) in [6.45, 7) is 0.771. The Kier molecular flexibility index (Phi) is 5.44. The second-order valence-corrected chi connectivity index (χ2v) is 7.91. The highest BCUT2D eigenvalue weighted by Crippen LogP contribution is 2.28. The van der Waals surface area contributed by atoms with Crippen molar-refractivity contribution < 1.29 is 9.59 Å². The van der Waals surface area contributed by atoms with Gasteiger partial charge in [-0.3, -0.25) is 9.59 Å². The Morgan fingerprint density at radius 1 is 1.07 bits per heavy atom. The van der Waals surface area contributed by atoms with E-state index in [0.717, 1.165) is 55.6 Å². The van der Waals surface area contributed by atoms with E-state index in [1.165, 1.54) is 5.56 Å². The normalized spacial score (nSPS) is 21.2. The van der Waals surface area contributed by atoms with Crippen LogP contribution in [-0.4, -0.2) is 24.4 Å². The second-order valence-electron chi connectivity index (χ2n) is 7.91. The summed E-state index contributed by atoms with van der Waals surface area (Å²) in [4.78, 5) is 27.1. The number of anilines is 2. The van der Waals surface area contributed by atoms with Crippen molar-refractivity contribution in [3.63, 3.8) is 0 Å². The fraction of sp³-hybridized carbons (Fsp3) is 0.391. The largest absolute Gasteiger partial charge is 0.328 e. The van der Waals surface area contributed by atoms with Gasteiger partial charge in [-0.05, 0) is 61.4 Å². The second kappa shape index (κ2) is 8.15. The molecular weight excluding hydrogens is 350 g/mol. The van der Waals surface area contributed by atoms with Crippen LogP contribution in [0.2, 0.25) is 0 Å². The minimum atomic E-state index is 0.00965. The number of amides is 2. The lowest BCUT2D eigenvalue weighted by atomic mass is 10.0. The van der Waals surface area contributed by atoms with Crippen LogP contribution in [-0.2, 0) is 22.4 Å². The number of carbonyl (C=O) groups is 2. The molecule has 2 amide bonds. The molecule has 2 unspecified atom stereocenters. The standard InChI is InChI=1S/C23H27N3O2/c24-19-10-9-18(15-19)23(28)25-20-11-7-16(8-12-20)14-22(27)26-13-3-5-17-4-1-2-6-21(17)26/h1-2,4,6-8,11-12,18-19H,3,5,9-10,13-15,24H2,(H,25,28). The predicted octanol–water partition coefficient (Wildman–Crippen LogP) is 3.27. The number of hydrogen-bond acceptors (Lipinski definition) is 3. The molecule has 1 fully saturated rings. The van der Waals surface area contributed by atoms with Gasteiger partial charge in [0.15, 0.2) is 0 Å². The molecule has 0 spiro atoms. The zero-order valence-corrected chi connectivity index (χ0v) is 16.1. The number of carbonyl (C=O) groups excluding carboxylic acids is 2. The van der Waals surface area contributed by atoms with E-state index in [-0.39, 0.29) is 23.8 Å². The lowest BCUT2D eigenvalue weighted by molar-refractivity contribution is -0.120. The van der Waals surface area contributed by atoms with Gasteiger partial charge in [0, 0.05) is 29.9 Å². The molecule has 0 radical (unpaired) electrons. The third-order valence-corrected chi connectivity index (χ3v) is 5.83. The number of aryl methyl sites for hydroxylation is 1. The van der Waals surface area contributed by atoms with Crippen LogP contribution < -0.4 is 16.0 Å². The zero-order chi connectivity index (χ0) is 19.5. The molecule has 1 saturated carbocycles. The molecule has 2 aliphatic rings. The summed E-state index contributed by atoms with van der Waals surface area (Å²) < 4.78 is 0. The van der Waals surface area contributed by atoms with E-state index >= 15 is 0 Å². The quantitative estimate of drug-likeness (QED) is 0.859. The summed E-state index contributed by atoms with van der Waals surface area (Å²) in [7, 11) is 0. The van der Waals surface area contributed by atoms with Crippen molar-refractivity contribution in [3.8, 4) is 0 Å². The molecule has 5 nitrogen and oxygen atoms in total. The minimum Gasteiger partial charge on any atom is -0.328 e. The van der Waals surface area contributed by atoms with Crippen molar-refractivity contribution in [1.29, 1.82) is 0 Å². The van der Waals surface area contributed by atoms with Crippen LogP contribution >= 0.6 is 0 Å². The van der Waals surface area contributed by atoms with E-state index in [0.29, 0.717) is 6.42 Å². The van der Waals surface area contributed by atoms with E-state index < -0.39 is 0 Å². The van der Waals surface area contributed by atoms with Gasteiger partial charge in [-0.25, -0.2) is 0 Å². The van der Waals surface area contributed by atoms with E-state index in [4.69, 9.17) is 5.73 Å². The van der Waals surface area contributed by atoms with Crippen molar-refractivity contribution in [2.45, 2.75) is 44.6 Å². The molecular formula is C23H27N3O2. The number of rotatable bonds is 4. The minimum absolute atomic E-state index is 0.00965. The number of benzene rings is 2. The first-order valence-electron chi connectivity index (χ1n) is 10.1. The molecule has 2 aromatic rings. The molecule has 2 aromatic carbocycles. The first-order chi connectivity index (χ1) is 13.6. The summed E-state index contributed by atoms with van der Waals surface area (Å²) in [6, 6.07) is 15.9. The molecule has 1 aliphatic heterocycles. The highest BCUT2D eigenvalue weighted by atomic mass is 16.2. The molecule has 0 aromatic heterocycles. The number of fused-ring (bicyclic) bond motifs is 1. The van der Waals surface area contributed by atoms with Gasteiger partial charge in [-0.1, -0.05) is 30.3 Å². The maximum atomic E-state index is 12.8. The van der Waals surface area contributed by atoms with Crippen LogP contribution in [0.3, 0.4) is 0 Å². The van der Waals surface area contributed by atoms with Gasteiger partial charge >= 0.3 is 0 Å².